The van der Waals surface area contributed by atoms with Crippen molar-refractivity contribution in [2.24, 2.45) is 0 Å². The van der Waals surface area contributed by atoms with E-state index in [4.69, 9.17) is 9.15 Å². The topological polar surface area (TPSA) is 132 Å². The highest BCUT2D eigenvalue weighted by atomic mass is 16.6. The Hall–Kier alpha value is -4.47. The summed E-state index contributed by atoms with van der Waals surface area (Å²) in [6, 6.07) is 12.6. The lowest BCUT2D eigenvalue weighted by Gasteiger charge is -2.13. The zero-order valence-corrected chi connectivity index (χ0v) is 14.5. The molecule has 0 aliphatic carbocycles. The minimum absolute atomic E-state index is 0.0256. The molecule has 2 aromatic carbocycles. The maximum Gasteiger partial charge on any atom is 0.305 e. The van der Waals surface area contributed by atoms with Gasteiger partial charge in [0.15, 0.2) is 5.76 Å². The van der Waals surface area contributed by atoms with Crippen LogP contribution in [0.2, 0.25) is 0 Å². The van der Waals surface area contributed by atoms with Gasteiger partial charge in [0.25, 0.3) is 17.5 Å². The number of nitro benzene ring substituents is 1. The number of benzene rings is 2. The number of imide groups is 1. The average Bonchev–Trinajstić information content (AvgIpc) is 3.32. The summed E-state index contributed by atoms with van der Waals surface area (Å²) >= 11 is 0. The molecule has 2 heterocycles. The van der Waals surface area contributed by atoms with E-state index in [1.54, 1.807) is 0 Å². The van der Waals surface area contributed by atoms with E-state index < -0.39 is 22.6 Å². The number of amides is 3. The molecule has 0 saturated carbocycles. The molecule has 3 amide bonds. The highest BCUT2D eigenvalue weighted by Crippen LogP contribution is 2.30. The molecule has 10 nitrogen and oxygen atoms in total. The third-order valence-corrected chi connectivity index (χ3v) is 4.08. The number of nitrogens with zero attached hydrogens (tertiary/aromatic N) is 2. The lowest BCUT2D eigenvalue weighted by atomic mass is 10.1. The summed E-state index contributed by atoms with van der Waals surface area (Å²) in [7, 11) is 0. The summed E-state index contributed by atoms with van der Waals surface area (Å²) in [5, 5.41) is 11.5. The first-order valence-corrected chi connectivity index (χ1v) is 8.23. The number of hydrogen-bond acceptors (Lipinski definition) is 7. The fourth-order valence-electron chi connectivity index (χ4n) is 2.75. The standard InChI is InChI=1S/C19H11N3O7/c23-17(16-5-2-8-28-16)20-21-18(24)14-7-6-13(10-15(14)19(21)25)29-12-4-1-3-11(9-12)22(26)27/h1-10H,(H,20,23). The van der Waals surface area contributed by atoms with Crippen molar-refractivity contribution in [1.82, 2.24) is 10.4 Å². The third-order valence-electron chi connectivity index (χ3n) is 4.08. The van der Waals surface area contributed by atoms with Crippen molar-refractivity contribution in [2.45, 2.75) is 0 Å². The van der Waals surface area contributed by atoms with Crippen LogP contribution >= 0.6 is 0 Å². The smallest absolute Gasteiger partial charge is 0.305 e. The quantitative estimate of drug-likeness (QED) is 0.400. The Balaban J connectivity index is 1.56. The van der Waals surface area contributed by atoms with Crippen molar-refractivity contribution in [3.05, 3.63) is 87.9 Å². The van der Waals surface area contributed by atoms with Crippen LogP contribution < -0.4 is 10.2 Å². The fourth-order valence-corrected chi connectivity index (χ4v) is 2.75. The maximum atomic E-state index is 12.6. The lowest BCUT2D eigenvalue weighted by molar-refractivity contribution is -0.384. The molecule has 0 radical (unpaired) electrons. The number of furan rings is 1. The van der Waals surface area contributed by atoms with E-state index in [1.807, 2.05) is 0 Å². The number of carbonyl (C=O) groups is 3. The minimum atomic E-state index is -0.752. The lowest BCUT2D eigenvalue weighted by Crippen LogP contribution is -2.45. The monoisotopic (exact) mass is 393 g/mol. The molecule has 1 aliphatic rings. The van der Waals surface area contributed by atoms with Crippen LogP contribution in [0.3, 0.4) is 0 Å². The number of hydrazine groups is 1. The van der Waals surface area contributed by atoms with E-state index in [9.17, 15) is 24.5 Å². The third kappa shape index (κ3) is 3.30. The van der Waals surface area contributed by atoms with Crippen molar-refractivity contribution in [2.75, 3.05) is 0 Å². The summed E-state index contributed by atoms with van der Waals surface area (Å²) in [4.78, 5) is 47.4. The number of non-ortho nitro benzene ring substituents is 1. The van der Waals surface area contributed by atoms with Crippen LogP contribution in [-0.4, -0.2) is 27.7 Å². The first-order valence-electron chi connectivity index (χ1n) is 8.23. The second kappa shape index (κ2) is 6.93. The molecule has 29 heavy (non-hydrogen) atoms. The Kier molecular flexibility index (Phi) is 4.28. The predicted octanol–water partition coefficient (Wildman–Crippen LogP) is 2.92. The number of nitrogens with one attached hydrogen (secondary N) is 1. The summed E-state index contributed by atoms with van der Waals surface area (Å²) < 4.78 is 10.5. The summed E-state index contributed by atoms with van der Waals surface area (Å²) in [6.07, 6.45) is 1.29. The predicted molar refractivity (Wildman–Crippen MR) is 96.3 cm³/mol. The van der Waals surface area contributed by atoms with Crippen LogP contribution in [0.5, 0.6) is 11.5 Å². The van der Waals surface area contributed by atoms with Gasteiger partial charge in [0, 0.05) is 6.07 Å². The normalized spacial score (nSPS) is 12.6. The summed E-state index contributed by atoms with van der Waals surface area (Å²) in [6.45, 7) is 0. The van der Waals surface area contributed by atoms with Crippen LogP contribution in [0.15, 0.2) is 65.3 Å². The molecule has 1 aliphatic heterocycles. The molecule has 0 unspecified atom stereocenters. The highest BCUT2D eigenvalue weighted by Gasteiger charge is 2.37. The molecule has 0 atom stereocenters. The molecule has 4 rings (SSSR count). The second-order valence-corrected chi connectivity index (χ2v) is 5.93. The minimum Gasteiger partial charge on any atom is -0.459 e. The van der Waals surface area contributed by atoms with Crippen LogP contribution in [0.4, 0.5) is 5.69 Å². The molecular formula is C19H11N3O7. The molecule has 144 valence electrons. The van der Waals surface area contributed by atoms with E-state index in [0.717, 1.165) is 0 Å². The van der Waals surface area contributed by atoms with E-state index in [0.29, 0.717) is 5.01 Å². The van der Waals surface area contributed by atoms with Gasteiger partial charge in [-0.15, -0.1) is 0 Å². The molecule has 0 saturated heterocycles. The molecule has 10 heteroatoms. The van der Waals surface area contributed by atoms with Gasteiger partial charge in [0.1, 0.15) is 11.5 Å². The molecule has 1 N–H and O–H groups in total. The van der Waals surface area contributed by atoms with Gasteiger partial charge in [0.05, 0.1) is 28.4 Å². The van der Waals surface area contributed by atoms with Crippen molar-refractivity contribution in [3.63, 3.8) is 0 Å². The van der Waals surface area contributed by atoms with Gasteiger partial charge >= 0.3 is 5.91 Å². The zero-order chi connectivity index (χ0) is 20.5. The second-order valence-electron chi connectivity index (χ2n) is 5.93. The molecule has 3 aromatic rings. The van der Waals surface area contributed by atoms with Gasteiger partial charge in [-0.2, -0.15) is 5.01 Å². The van der Waals surface area contributed by atoms with Gasteiger partial charge in [-0.25, -0.2) is 0 Å². The molecular weight excluding hydrogens is 382 g/mol. The summed E-state index contributed by atoms with van der Waals surface area (Å²) in [5.41, 5.74) is 2.16. The number of fused-ring (bicyclic) bond motifs is 1. The fraction of sp³-hybridized carbons (Fsp3) is 0. The Bertz CT molecular complexity index is 1150. The van der Waals surface area contributed by atoms with E-state index >= 15 is 0 Å². The first-order chi connectivity index (χ1) is 13.9. The van der Waals surface area contributed by atoms with Crippen LogP contribution in [0.25, 0.3) is 0 Å². The van der Waals surface area contributed by atoms with E-state index in [-0.39, 0.29) is 34.1 Å². The maximum absolute atomic E-state index is 12.6. The number of hydrogen-bond donors (Lipinski definition) is 1. The molecule has 0 fully saturated rings. The van der Waals surface area contributed by atoms with Crippen molar-refractivity contribution >= 4 is 23.4 Å². The van der Waals surface area contributed by atoms with E-state index in [2.05, 4.69) is 5.43 Å². The van der Waals surface area contributed by atoms with Gasteiger partial charge < -0.3 is 9.15 Å². The largest absolute Gasteiger partial charge is 0.459 e. The van der Waals surface area contributed by atoms with Gasteiger partial charge in [-0.1, -0.05) is 6.07 Å². The van der Waals surface area contributed by atoms with Gasteiger partial charge in [-0.3, -0.25) is 29.9 Å². The van der Waals surface area contributed by atoms with Crippen molar-refractivity contribution in [3.8, 4) is 11.5 Å². The van der Waals surface area contributed by atoms with Crippen molar-refractivity contribution < 1.29 is 28.5 Å². The van der Waals surface area contributed by atoms with E-state index in [1.165, 1.54) is 60.9 Å². The zero-order valence-electron chi connectivity index (χ0n) is 14.5. The van der Waals surface area contributed by atoms with Crippen molar-refractivity contribution in [1.29, 1.82) is 0 Å². The molecule has 1 aromatic heterocycles. The van der Waals surface area contributed by atoms with Gasteiger partial charge in [-0.05, 0) is 36.4 Å². The number of rotatable bonds is 5. The van der Waals surface area contributed by atoms with Crippen LogP contribution in [-0.2, 0) is 0 Å². The number of nitro groups is 1. The first kappa shape index (κ1) is 17.9. The Morgan fingerprint density at radius 1 is 1.00 bits per heavy atom. The van der Waals surface area contributed by atoms with Gasteiger partial charge in [0.2, 0.25) is 0 Å². The highest BCUT2D eigenvalue weighted by molar-refractivity contribution is 6.22. The summed E-state index contributed by atoms with van der Waals surface area (Å²) in [5.74, 6) is -1.86. The molecule has 0 spiro atoms. The average molecular weight is 393 g/mol. The Morgan fingerprint density at radius 3 is 2.48 bits per heavy atom. The Morgan fingerprint density at radius 2 is 1.76 bits per heavy atom. The number of carbonyl (C=O) groups excluding carboxylic acids is 3. The van der Waals surface area contributed by atoms with Crippen LogP contribution in [0.1, 0.15) is 31.3 Å². The number of ether oxygens (including phenoxy) is 1. The van der Waals surface area contributed by atoms with Crippen LogP contribution in [0, 0.1) is 10.1 Å². The SMILES string of the molecule is O=C(NN1C(=O)c2ccc(Oc3cccc([N+](=O)[O-])c3)cc2C1=O)c1ccco1. The Labute approximate surface area is 162 Å². The molecule has 0 bridgehead atoms.